The fraction of sp³-hybridized carbons (Fsp3) is 0.0417. The van der Waals surface area contributed by atoms with Gasteiger partial charge in [0.05, 0.1) is 11.3 Å². The molecular weight excluding hydrogens is 431 g/mol. The zero-order valence-electron chi connectivity index (χ0n) is 16.7. The fourth-order valence-electron chi connectivity index (χ4n) is 2.77. The number of rotatable bonds is 7. The van der Waals surface area contributed by atoms with Crippen molar-refractivity contribution in [2.75, 3.05) is 11.9 Å². The number of ether oxygens (including phenoxy) is 2. The van der Waals surface area contributed by atoms with E-state index in [2.05, 4.69) is 10.3 Å². The van der Waals surface area contributed by atoms with Crippen LogP contribution in [0.15, 0.2) is 84.2 Å². The Kier molecular flexibility index (Phi) is 6.52. The molecule has 0 unspecified atom stereocenters. The number of benzene rings is 3. The van der Waals surface area contributed by atoms with Gasteiger partial charge in [-0.25, -0.2) is 14.2 Å². The van der Waals surface area contributed by atoms with Gasteiger partial charge in [-0.15, -0.1) is 11.3 Å². The predicted octanol–water partition coefficient (Wildman–Crippen LogP) is 5.54. The summed E-state index contributed by atoms with van der Waals surface area (Å²) in [7, 11) is 0. The zero-order valence-corrected chi connectivity index (χ0v) is 17.5. The molecule has 4 aromatic rings. The summed E-state index contributed by atoms with van der Waals surface area (Å²) in [6.45, 7) is -0.464. The Balaban J connectivity index is 1.31. The molecule has 0 spiro atoms. The van der Waals surface area contributed by atoms with Crippen LogP contribution in [-0.2, 0) is 9.53 Å². The molecular formula is C24H17FN2O4S. The topological polar surface area (TPSA) is 77.5 Å². The number of amides is 1. The molecule has 0 fully saturated rings. The standard InChI is InChI=1S/C24H17FN2O4S/c25-18-11-9-16(10-12-18)21-15-32-24(26-21)27-22(28)14-30-23(29)17-5-4-8-20(13-17)31-19-6-2-1-3-7-19/h1-13,15H,14H2,(H,26,27,28). The van der Waals surface area contributed by atoms with E-state index < -0.39 is 18.5 Å². The molecule has 0 saturated carbocycles. The molecule has 0 aliphatic heterocycles. The lowest BCUT2D eigenvalue weighted by Gasteiger charge is -2.08. The number of hydrogen-bond acceptors (Lipinski definition) is 6. The highest BCUT2D eigenvalue weighted by molar-refractivity contribution is 7.14. The van der Waals surface area contributed by atoms with Crippen LogP contribution in [0.5, 0.6) is 11.5 Å². The Labute approximate surface area is 187 Å². The zero-order chi connectivity index (χ0) is 22.3. The van der Waals surface area contributed by atoms with Crippen LogP contribution in [0.1, 0.15) is 10.4 Å². The number of aromatic nitrogens is 1. The first-order valence-electron chi connectivity index (χ1n) is 9.58. The maximum atomic E-state index is 13.0. The van der Waals surface area contributed by atoms with Crippen LogP contribution in [0.3, 0.4) is 0 Å². The third-order valence-corrected chi connectivity index (χ3v) is 5.03. The van der Waals surface area contributed by atoms with Gasteiger partial charge in [0.15, 0.2) is 11.7 Å². The molecule has 1 N–H and O–H groups in total. The number of esters is 1. The van der Waals surface area contributed by atoms with E-state index in [4.69, 9.17) is 9.47 Å². The minimum absolute atomic E-state index is 0.263. The molecule has 1 amide bonds. The highest BCUT2D eigenvalue weighted by atomic mass is 32.1. The Morgan fingerprint density at radius 3 is 2.47 bits per heavy atom. The largest absolute Gasteiger partial charge is 0.457 e. The number of thiazole rings is 1. The Hall–Kier alpha value is -4.04. The Bertz CT molecular complexity index is 1230. The van der Waals surface area contributed by atoms with Crippen LogP contribution >= 0.6 is 11.3 Å². The second kappa shape index (κ2) is 9.84. The van der Waals surface area contributed by atoms with E-state index in [0.29, 0.717) is 22.3 Å². The van der Waals surface area contributed by atoms with Crippen molar-refractivity contribution in [1.82, 2.24) is 4.98 Å². The van der Waals surface area contributed by atoms with E-state index >= 15 is 0 Å². The van der Waals surface area contributed by atoms with Gasteiger partial charge in [-0.3, -0.25) is 10.1 Å². The molecule has 160 valence electrons. The van der Waals surface area contributed by atoms with Gasteiger partial charge in [-0.05, 0) is 54.6 Å². The van der Waals surface area contributed by atoms with E-state index in [0.717, 1.165) is 5.56 Å². The number of hydrogen-bond donors (Lipinski definition) is 1. The lowest BCUT2D eigenvalue weighted by Crippen LogP contribution is -2.20. The molecule has 8 heteroatoms. The molecule has 3 aromatic carbocycles. The summed E-state index contributed by atoms with van der Waals surface area (Å²) in [5, 5.41) is 4.68. The van der Waals surface area contributed by atoms with Gasteiger partial charge >= 0.3 is 5.97 Å². The minimum atomic E-state index is -0.648. The molecule has 6 nitrogen and oxygen atoms in total. The quantitative estimate of drug-likeness (QED) is 0.376. The Morgan fingerprint density at radius 2 is 1.69 bits per heavy atom. The number of nitrogens with one attached hydrogen (secondary N) is 1. The van der Waals surface area contributed by atoms with Crippen LogP contribution in [0, 0.1) is 5.82 Å². The normalized spacial score (nSPS) is 10.4. The number of para-hydroxylation sites is 1. The smallest absolute Gasteiger partial charge is 0.338 e. The van der Waals surface area contributed by atoms with Gasteiger partial charge in [0.2, 0.25) is 0 Å². The average molecular weight is 448 g/mol. The monoisotopic (exact) mass is 448 g/mol. The van der Waals surface area contributed by atoms with Gasteiger partial charge in [0, 0.05) is 10.9 Å². The van der Waals surface area contributed by atoms with Gasteiger partial charge in [-0.1, -0.05) is 24.3 Å². The van der Waals surface area contributed by atoms with E-state index in [1.807, 2.05) is 18.2 Å². The van der Waals surface area contributed by atoms with Crippen LogP contribution in [0.25, 0.3) is 11.3 Å². The van der Waals surface area contributed by atoms with Crippen molar-refractivity contribution in [1.29, 1.82) is 0 Å². The number of nitrogens with zero attached hydrogens (tertiary/aromatic N) is 1. The number of anilines is 1. The molecule has 0 radical (unpaired) electrons. The number of carbonyl (C=O) groups excluding carboxylic acids is 2. The van der Waals surface area contributed by atoms with Crippen LogP contribution in [0.4, 0.5) is 9.52 Å². The first-order valence-corrected chi connectivity index (χ1v) is 10.5. The van der Waals surface area contributed by atoms with E-state index in [1.54, 1.807) is 53.9 Å². The fourth-order valence-corrected chi connectivity index (χ4v) is 3.50. The highest BCUT2D eigenvalue weighted by Gasteiger charge is 2.13. The van der Waals surface area contributed by atoms with Crippen LogP contribution in [0.2, 0.25) is 0 Å². The molecule has 4 rings (SSSR count). The molecule has 0 aliphatic rings. The number of halogens is 1. The van der Waals surface area contributed by atoms with Gasteiger partial charge in [-0.2, -0.15) is 0 Å². The summed E-state index contributed by atoms with van der Waals surface area (Å²) in [6, 6.07) is 21.6. The first kappa shape index (κ1) is 21.2. The maximum Gasteiger partial charge on any atom is 0.338 e. The third-order valence-electron chi connectivity index (χ3n) is 4.27. The third kappa shape index (κ3) is 5.55. The van der Waals surface area contributed by atoms with Gasteiger partial charge in [0.1, 0.15) is 17.3 Å². The lowest BCUT2D eigenvalue weighted by molar-refractivity contribution is -0.119. The van der Waals surface area contributed by atoms with Crippen molar-refractivity contribution in [3.8, 4) is 22.8 Å². The summed E-state index contributed by atoms with van der Waals surface area (Å²) in [5.41, 5.74) is 1.60. The maximum absolute atomic E-state index is 13.0. The SMILES string of the molecule is O=C(COC(=O)c1cccc(Oc2ccccc2)c1)Nc1nc(-c2ccc(F)cc2)cs1. The van der Waals surface area contributed by atoms with Crippen LogP contribution in [-0.4, -0.2) is 23.5 Å². The number of carbonyl (C=O) groups is 2. The van der Waals surface area contributed by atoms with E-state index in [9.17, 15) is 14.0 Å². The summed E-state index contributed by atoms with van der Waals surface area (Å²) in [5.74, 6) is -0.386. The van der Waals surface area contributed by atoms with Crippen molar-refractivity contribution < 1.29 is 23.5 Å². The second-order valence-corrected chi connectivity index (χ2v) is 7.47. The molecule has 32 heavy (non-hydrogen) atoms. The van der Waals surface area contributed by atoms with Crippen molar-refractivity contribution in [2.45, 2.75) is 0 Å². The average Bonchev–Trinajstić information content (AvgIpc) is 3.27. The summed E-state index contributed by atoms with van der Waals surface area (Å²) in [4.78, 5) is 28.8. The molecule has 1 aromatic heterocycles. The lowest BCUT2D eigenvalue weighted by atomic mass is 10.2. The molecule has 0 atom stereocenters. The van der Waals surface area contributed by atoms with Crippen molar-refractivity contribution >= 4 is 28.3 Å². The van der Waals surface area contributed by atoms with E-state index in [1.165, 1.54) is 23.5 Å². The van der Waals surface area contributed by atoms with Crippen LogP contribution < -0.4 is 10.1 Å². The highest BCUT2D eigenvalue weighted by Crippen LogP contribution is 2.25. The van der Waals surface area contributed by atoms with Gasteiger partial charge < -0.3 is 9.47 Å². The molecule has 0 bridgehead atoms. The predicted molar refractivity (Wildman–Crippen MR) is 119 cm³/mol. The summed E-state index contributed by atoms with van der Waals surface area (Å²) >= 11 is 1.22. The van der Waals surface area contributed by atoms with Crippen molar-refractivity contribution in [3.05, 3.63) is 95.6 Å². The summed E-state index contributed by atoms with van der Waals surface area (Å²) < 4.78 is 23.9. The second-order valence-electron chi connectivity index (χ2n) is 6.61. The molecule has 0 aliphatic carbocycles. The summed E-state index contributed by atoms with van der Waals surface area (Å²) in [6.07, 6.45) is 0. The van der Waals surface area contributed by atoms with Gasteiger partial charge in [0.25, 0.3) is 5.91 Å². The van der Waals surface area contributed by atoms with E-state index in [-0.39, 0.29) is 11.4 Å². The van der Waals surface area contributed by atoms with Crippen molar-refractivity contribution in [2.24, 2.45) is 0 Å². The van der Waals surface area contributed by atoms with Crippen molar-refractivity contribution in [3.63, 3.8) is 0 Å². The first-order chi connectivity index (χ1) is 15.6. The molecule has 0 saturated heterocycles. The minimum Gasteiger partial charge on any atom is -0.457 e. The molecule has 1 heterocycles. The Morgan fingerprint density at radius 1 is 0.938 bits per heavy atom.